The van der Waals surface area contributed by atoms with E-state index in [1.165, 1.54) is 22.6 Å². The standard InChI is InChI=1S/C15H18N2OS/c1-10-2-9-14(19-10)15(17-16)11-3-5-12(6-4-11)18-13-7-8-13/h2-6,9,13,15,17H,7-8,16H2,1H3. The van der Waals surface area contributed by atoms with Gasteiger partial charge in [0.15, 0.2) is 0 Å². The van der Waals surface area contributed by atoms with E-state index in [-0.39, 0.29) is 6.04 Å². The average molecular weight is 274 g/mol. The molecule has 1 aromatic heterocycles. The van der Waals surface area contributed by atoms with Crippen LogP contribution in [0.3, 0.4) is 0 Å². The summed E-state index contributed by atoms with van der Waals surface area (Å²) in [6, 6.07) is 12.5. The average Bonchev–Trinajstić information content (AvgIpc) is 3.13. The Labute approximate surface area is 117 Å². The lowest BCUT2D eigenvalue weighted by Crippen LogP contribution is -2.28. The van der Waals surface area contributed by atoms with Crippen molar-refractivity contribution in [1.82, 2.24) is 5.43 Å². The Kier molecular flexibility index (Phi) is 3.55. The number of benzene rings is 1. The summed E-state index contributed by atoms with van der Waals surface area (Å²) in [6.45, 7) is 2.11. The van der Waals surface area contributed by atoms with Crippen molar-refractivity contribution in [3.63, 3.8) is 0 Å². The molecule has 1 unspecified atom stereocenters. The van der Waals surface area contributed by atoms with E-state index in [4.69, 9.17) is 10.6 Å². The van der Waals surface area contributed by atoms with Crippen molar-refractivity contribution in [3.05, 3.63) is 51.7 Å². The van der Waals surface area contributed by atoms with Crippen LogP contribution in [-0.4, -0.2) is 6.10 Å². The predicted molar refractivity (Wildman–Crippen MR) is 78.3 cm³/mol. The van der Waals surface area contributed by atoms with Gasteiger partial charge < -0.3 is 4.74 Å². The molecule has 0 bridgehead atoms. The van der Waals surface area contributed by atoms with Crippen LogP contribution in [0.4, 0.5) is 0 Å². The Morgan fingerprint density at radius 3 is 2.47 bits per heavy atom. The van der Waals surface area contributed by atoms with Crippen molar-refractivity contribution >= 4 is 11.3 Å². The van der Waals surface area contributed by atoms with Crippen LogP contribution in [0.25, 0.3) is 0 Å². The summed E-state index contributed by atoms with van der Waals surface area (Å²) in [7, 11) is 0. The van der Waals surface area contributed by atoms with Gasteiger partial charge in [-0.3, -0.25) is 5.84 Å². The first kappa shape index (κ1) is 12.7. The Morgan fingerprint density at radius 2 is 1.95 bits per heavy atom. The Bertz CT molecular complexity index is 546. The van der Waals surface area contributed by atoms with Gasteiger partial charge in [0.1, 0.15) is 5.75 Å². The van der Waals surface area contributed by atoms with Crippen LogP contribution in [0.5, 0.6) is 5.75 Å². The minimum Gasteiger partial charge on any atom is -0.490 e. The highest BCUT2D eigenvalue weighted by atomic mass is 32.1. The quantitative estimate of drug-likeness (QED) is 0.650. The van der Waals surface area contributed by atoms with Gasteiger partial charge >= 0.3 is 0 Å². The van der Waals surface area contributed by atoms with E-state index >= 15 is 0 Å². The molecule has 1 aromatic carbocycles. The molecular weight excluding hydrogens is 256 g/mol. The molecule has 1 fully saturated rings. The number of nitrogens with one attached hydrogen (secondary N) is 1. The van der Waals surface area contributed by atoms with Crippen LogP contribution in [0.1, 0.15) is 34.2 Å². The fourth-order valence-electron chi connectivity index (χ4n) is 2.07. The molecule has 3 nitrogen and oxygen atoms in total. The van der Waals surface area contributed by atoms with Crippen molar-refractivity contribution in [1.29, 1.82) is 0 Å². The summed E-state index contributed by atoms with van der Waals surface area (Å²) >= 11 is 1.77. The van der Waals surface area contributed by atoms with E-state index in [9.17, 15) is 0 Å². The lowest BCUT2D eigenvalue weighted by atomic mass is 10.1. The van der Waals surface area contributed by atoms with E-state index in [1.54, 1.807) is 11.3 Å². The topological polar surface area (TPSA) is 47.3 Å². The largest absolute Gasteiger partial charge is 0.490 e. The summed E-state index contributed by atoms with van der Waals surface area (Å²) < 4.78 is 5.75. The molecule has 1 aliphatic carbocycles. The van der Waals surface area contributed by atoms with Gasteiger partial charge in [-0.25, -0.2) is 5.43 Å². The zero-order valence-electron chi connectivity index (χ0n) is 10.9. The summed E-state index contributed by atoms with van der Waals surface area (Å²) in [5, 5.41) is 0. The summed E-state index contributed by atoms with van der Waals surface area (Å²) in [5.41, 5.74) is 4.05. The van der Waals surface area contributed by atoms with E-state index in [0.29, 0.717) is 6.10 Å². The van der Waals surface area contributed by atoms with Crippen LogP contribution in [0.2, 0.25) is 0 Å². The first-order chi connectivity index (χ1) is 9.26. The second-order valence-corrected chi connectivity index (χ2v) is 6.25. The first-order valence-corrected chi connectivity index (χ1v) is 7.37. The van der Waals surface area contributed by atoms with Crippen molar-refractivity contribution < 1.29 is 4.74 Å². The number of nitrogens with two attached hydrogens (primary N) is 1. The van der Waals surface area contributed by atoms with Gasteiger partial charge in [0.05, 0.1) is 12.1 Å². The number of hydrazine groups is 1. The third-order valence-electron chi connectivity index (χ3n) is 3.25. The molecule has 0 aliphatic heterocycles. The molecule has 0 amide bonds. The number of hydrogen-bond donors (Lipinski definition) is 2. The molecule has 0 radical (unpaired) electrons. The highest BCUT2D eigenvalue weighted by Gasteiger charge is 2.23. The highest BCUT2D eigenvalue weighted by Crippen LogP contribution is 2.30. The van der Waals surface area contributed by atoms with Crippen LogP contribution in [0, 0.1) is 6.92 Å². The molecule has 2 aromatic rings. The van der Waals surface area contributed by atoms with Crippen molar-refractivity contribution in [2.45, 2.75) is 31.9 Å². The number of ether oxygens (including phenoxy) is 1. The molecule has 19 heavy (non-hydrogen) atoms. The maximum atomic E-state index is 5.75. The van der Waals surface area contributed by atoms with Crippen molar-refractivity contribution in [3.8, 4) is 5.75 Å². The van der Waals surface area contributed by atoms with Gasteiger partial charge in [0.2, 0.25) is 0 Å². The minimum absolute atomic E-state index is 0.0497. The van der Waals surface area contributed by atoms with Crippen LogP contribution in [0.15, 0.2) is 36.4 Å². The predicted octanol–water partition coefficient (Wildman–Crippen LogP) is 3.15. The van der Waals surface area contributed by atoms with Gasteiger partial charge in [-0.05, 0) is 49.6 Å². The smallest absolute Gasteiger partial charge is 0.119 e. The molecule has 4 heteroatoms. The van der Waals surface area contributed by atoms with Gasteiger partial charge in [-0.15, -0.1) is 11.3 Å². The Balaban J connectivity index is 1.78. The molecule has 3 rings (SSSR count). The fraction of sp³-hybridized carbons (Fsp3) is 0.333. The van der Waals surface area contributed by atoms with E-state index < -0.39 is 0 Å². The highest BCUT2D eigenvalue weighted by molar-refractivity contribution is 7.12. The molecule has 1 aliphatic rings. The second-order valence-electron chi connectivity index (χ2n) is 4.93. The number of hydrogen-bond acceptors (Lipinski definition) is 4. The normalized spacial score (nSPS) is 16.3. The minimum atomic E-state index is 0.0497. The summed E-state index contributed by atoms with van der Waals surface area (Å²) in [5.74, 6) is 6.65. The van der Waals surface area contributed by atoms with E-state index in [2.05, 4.69) is 36.6 Å². The lowest BCUT2D eigenvalue weighted by molar-refractivity contribution is 0.303. The van der Waals surface area contributed by atoms with Crippen LogP contribution < -0.4 is 16.0 Å². The van der Waals surface area contributed by atoms with Gasteiger partial charge in [-0.2, -0.15) is 0 Å². The van der Waals surface area contributed by atoms with Crippen molar-refractivity contribution in [2.75, 3.05) is 0 Å². The molecule has 1 saturated carbocycles. The SMILES string of the molecule is Cc1ccc(C(NN)c2ccc(OC3CC3)cc2)s1. The maximum Gasteiger partial charge on any atom is 0.119 e. The molecule has 1 heterocycles. The number of aryl methyl sites for hydroxylation is 1. The summed E-state index contributed by atoms with van der Waals surface area (Å²) in [6.07, 6.45) is 2.81. The van der Waals surface area contributed by atoms with Crippen molar-refractivity contribution in [2.24, 2.45) is 5.84 Å². The number of rotatable bonds is 5. The molecule has 1 atom stereocenters. The Hall–Kier alpha value is -1.36. The fourth-order valence-corrected chi connectivity index (χ4v) is 3.03. The first-order valence-electron chi connectivity index (χ1n) is 6.55. The monoisotopic (exact) mass is 274 g/mol. The maximum absolute atomic E-state index is 5.75. The number of thiophene rings is 1. The lowest BCUT2D eigenvalue weighted by Gasteiger charge is -2.15. The van der Waals surface area contributed by atoms with Gasteiger partial charge in [0, 0.05) is 9.75 Å². The molecular formula is C15H18N2OS. The Morgan fingerprint density at radius 1 is 1.21 bits per heavy atom. The molecule has 3 N–H and O–H groups in total. The molecule has 0 spiro atoms. The third-order valence-corrected chi connectivity index (χ3v) is 4.32. The van der Waals surface area contributed by atoms with Crippen LogP contribution >= 0.6 is 11.3 Å². The van der Waals surface area contributed by atoms with E-state index in [1.807, 2.05) is 12.1 Å². The summed E-state index contributed by atoms with van der Waals surface area (Å²) in [4.78, 5) is 2.53. The van der Waals surface area contributed by atoms with E-state index in [0.717, 1.165) is 11.3 Å². The second kappa shape index (κ2) is 5.33. The third kappa shape index (κ3) is 2.97. The van der Waals surface area contributed by atoms with Gasteiger partial charge in [0.25, 0.3) is 0 Å². The van der Waals surface area contributed by atoms with Crippen LogP contribution in [-0.2, 0) is 0 Å². The van der Waals surface area contributed by atoms with Gasteiger partial charge in [-0.1, -0.05) is 12.1 Å². The zero-order valence-corrected chi connectivity index (χ0v) is 11.7. The molecule has 100 valence electrons. The zero-order chi connectivity index (χ0) is 13.2. The molecule has 0 saturated heterocycles.